The Morgan fingerprint density at radius 2 is 1.21 bits per heavy atom. The zero-order valence-electron chi connectivity index (χ0n) is 14.2. The molecule has 6 heteroatoms. The minimum atomic E-state index is -0.416. The van der Waals surface area contributed by atoms with Gasteiger partial charge in [0.25, 0.3) is 0 Å². The second kappa shape index (κ2) is 5.67. The van der Waals surface area contributed by atoms with Crippen molar-refractivity contribution in [3.8, 4) is 6.19 Å². The molecule has 0 atom stereocenters. The molecule has 28 heavy (non-hydrogen) atoms. The van der Waals surface area contributed by atoms with Crippen LogP contribution in [0.5, 0.6) is 0 Å². The Labute approximate surface area is 156 Å². The van der Waals surface area contributed by atoms with Gasteiger partial charge < -0.3 is 0 Å². The fourth-order valence-electron chi connectivity index (χ4n) is 3.95. The summed E-state index contributed by atoms with van der Waals surface area (Å²) < 4.78 is 27.6. The Morgan fingerprint density at radius 3 is 1.79 bits per heavy atom. The van der Waals surface area contributed by atoms with Crippen LogP contribution in [0.25, 0.3) is 48.0 Å². The highest BCUT2D eigenvalue weighted by atomic mass is 19.1. The standard InChI is InChI=1S/C22H8F2N4/c1-26-28-22-18-7-12(24)3-5-14(18)16-8-15-13-4-2-11(23)6-17(13)21(27-10-25)19(15)9-20(16)22/h2-9H/b27-21?,28-22+. The van der Waals surface area contributed by atoms with Crippen LogP contribution >= 0.6 is 0 Å². The zero-order valence-corrected chi connectivity index (χ0v) is 14.2. The number of hydrogen-bond acceptors (Lipinski definition) is 3. The minimum absolute atomic E-state index is 0.374. The van der Waals surface area contributed by atoms with Crippen LogP contribution in [0.1, 0.15) is 0 Å². The van der Waals surface area contributed by atoms with Gasteiger partial charge in [-0.15, -0.1) is 4.95 Å². The van der Waals surface area contributed by atoms with E-state index < -0.39 is 11.6 Å². The van der Waals surface area contributed by atoms with Crippen molar-refractivity contribution in [3.63, 3.8) is 0 Å². The molecule has 0 aliphatic heterocycles. The van der Waals surface area contributed by atoms with Crippen molar-refractivity contribution in [2.45, 2.75) is 0 Å². The summed E-state index contributed by atoms with van der Waals surface area (Å²) in [5, 5.41) is 19.3. The maximum absolute atomic E-state index is 13.8. The van der Waals surface area contributed by atoms with E-state index in [4.69, 9.17) is 11.8 Å². The first-order valence-electron chi connectivity index (χ1n) is 8.33. The summed E-state index contributed by atoms with van der Waals surface area (Å²) in [6, 6.07) is 12.5. The number of fused-ring (bicyclic) bond motifs is 6. The van der Waals surface area contributed by atoms with Gasteiger partial charge in [0.15, 0.2) is 5.36 Å². The molecule has 130 valence electrons. The number of nitriles is 1. The molecular weight excluding hydrogens is 358 g/mol. The average Bonchev–Trinajstić information content (AvgIpc) is 3.13. The molecule has 5 aromatic carbocycles. The summed E-state index contributed by atoms with van der Waals surface area (Å²) in [4.78, 5) is 7.03. The predicted octanol–water partition coefficient (Wildman–Crippen LogP) is 4.57. The summed E-state index contributed by atoms with van der Waals surface area (Å²) in [6.07, 6.45) is 1.78. The highest BCUT2D eigenvalue weighted by molar-refractivity contribution is 6.21. The molecule has 0 bridgehead atoms. The summed E-state index contributed by atoms with van der Waals surface area (Å²) in [5.41, 5.74) is 0. The van der Waals surface area contributed by atoms with Gasteiger partial charge >= 0.3 is 0 Å². The van der Waals surface area contributed by atoms with Crippen LogP contribution < -0.4 is 10.7 Å². The van der Waals surface area contributed by atoms with Crippen LogP contribution in [0.3, 0.4) is 0 Å². The number of halogens is 2. The zero-order chi connectivity index (χ0) is 19.4. The molecule has 0 saturated carbocycles. The highest BCUT2D eigenvalue weighted by Crippen LogP contribution is 2.32. The van der Waals surface area contributed by atoms with Crippen molar-refractivity contribution in [1.82, 2.24) is 0 Å². The smallest absolute Gasteiger partial charge is 0.206 e. The van der Waals surface area contributed by atoms with Crippen molar-refractivity contribution in [2.75, 3.05) is 0 Å². The van der Waals surface area contributed by atoms with Crippen LogP contribution in [0, 0.1) is 29.7 Å². The Bertz CT molecular complexity index is 1540. The molecule has 0 N–H and O–H groups in total. The average molecular weight is 366 g/mol. The molecule has 0 unspecified atom stereocenters. The molecule has 0 aromatic heterocycles. The molecule has 0 saturated heterocycles. The van der Waals surface area contributed by atoms with Gasteiger partial charge in [-0.05, 0) is 57.9 Å². The molecule has 0 heterocycles. The lowest BCUT2D eigenvalue weighted by Crippen LogP contribution is -2.00. The Hall–Kier alpha value is -4.16. The van der Waals surface area contributed by atoms with Crippen LogP contribution in [0.15, 0.2) is 58.6 Å². The van der Waals surface area contributed by atoms with E-state index in [2.05, 4.69) is 15.0 Å². The topological polar surface area (TPSA) is 52.9 Å². The molecule has 5 aromatic rings. The van der Waals surface area contributed by atoms with Crippen LogP contribution in [-0.2, 0) is 0 Å². The normalized spacial score (nSPS) is 13.0. The van der Waals surface area contributed by atoms with Crippen molar-refractivity contribution < 1.29 is 8.78 Å². The Morgan fingerprint density at radius 1 is 0.714 bits per heavy atom. The highest BCUT2D eigenvalue weighted by Gasteiger charge is 2.16. The summed E-state index contributed by atoms with van der Waals surface area (Å²) >= 11 is 0. The van der Waals surface area contributed by atoms with E-state index in [1.54, 1.807) is 24.4 Å². The van der Waals surface area contributed by atoms with Crippen molar-refractivity contribution in [1.29, 1.82) is 5.26 Å². The lowest BCUT2D eigenvalue weighted by molar-refractivity contribution is 0.629. The van der Waals surface area contributed by atoms with Gasteiger partial charge in [0.2, 0.25) is 6.19 Å². The largest absolute Gasteiger partial charge is 0.207 e. The van der Waals surface area contributed by atoms with Gasteiger partial charge in [0.1, 0.15) is 11.6 Å². The van der Waals surface area contributed by atoms with E-state index >= 15 is 0 Å². The number of rotatable bonds is 0. The van der Waals surface area contributed by atoms with E-state index in [0.29, 0.717) is 32.3 Å². The predicted molar refractivity (Wildman–Crippen MR) is 102 cm³/mol. The van der Waals surface area contributed by atoms with Gasteiger partial charge in [0.05, 0.1) is 10.5 Å². The summed E-state index contributed by atoms with van der Waals surface area (Å²) in [5.74, 6) is -0.829. The van der Waals surface area contributed by atoms with E-state index in [1.807, 2.05) is 6.07 Å². The lowest BCUT2D eigenvalue weighted by atomic mass is 10.1. The lowest BCUT2D eigenvalue weighted by Gasteiger charge is -1.96. The third-order valence-corrected chi connectivity index (χ3v) is 5.03. The van der Waals surface area contributed by atoms with Crippen LogP contribution in [0.4, 0.5) is 8.78 Å². The molecule has 4 nitrogen and oxygen atoms in total. The maximum atomic E-state index is 13.8. The number of hydrogen-bond donors (Lipinski definition) is 0. The first kappa shape index (κ1) is 16.0. The monoisotopic (exact) mass is 366 g/mol. The van der Waals surface area contributed by atoms with Gasteiger partial charge in [0, 0.05) is 21.5 Å². The van der Waals surface area contributed by atoms with E-state index in [9.17, 15) is 8.78 Å². The molecule has 0 fully saturated rings. The second-order valence-electron chi connectivity index (χ2n) is 6.43. The molecule has 0 aliphatic rings. The van der Waals surface area contributed by atoms with E-state index in [1.165, 1.54) is 24.3 Å². The van der Waals surface area contributed by atoms with E-state index in [0.717, 1.165) is 21.5 Å². The Balaban J connectivity index is 2.12. The van der Waals surface area contributed by atoms with Crippen molar-refractivity contribution in [3.05, 3.63) is 82.4 Å². The number of benzene rings is 3. The summed E-state index contributed by atoms with van der Waals surface area (Å²) in [7, 11) is 0. The number of nitrogens with zero attached hydrogens (tertiary/aromatic N) is 4. The maximum Gasteiger partial charge on any atom is 0.206 e. The molecule has 0 radical (unpaired) electrons. The van der Waals surface area contributed by atoms with Gasteiger partial charge in [-0.3, -0.25) is 0 Å². The van der Waals surface area contributed by atoms with Crippen LogP contribution in [-0.4, -0.2) is 0 Å². The van der Waals surface area contributed by atoms with Gasteiger partial charge in [-0.2, -0.15) is 16.8 Å². The molecule has 0 spiro atoms. The van der Waals surface area contributed by atoms with Crippen LogP contribution in [0.2, 0.25) is 0 Å². The van der Waals surface area contributed by atoms with Crippen molar-refractivity contribution in [2.24, 2.45) is 10.1 Å². The molecule has 0 aliphatic carbocycles. The SMILES string of the molecule is [C-]#[N+]/N=c1\c2cc(F)ccc2c2cc3c(cc12)c(=NC#N)c1cc(F)ccc13. The molecular formula is C22H8F2N4. The van der Waals surface area contributed by atoms with Gasteiger partial charge in [-0.25, -0.2) is 8.78 Å². The third kappa shape index (κ3) is 2.06. The molecule has 0 amide bonds. The van der Waals surface area contributed by atoms with E-state index in [-0.39, 0.29) is 0 Å². The minimum Gasteiger partial charge on any atom is -0.207 e. The second-order valence-corrected chi connectivity index (χ2v) is 6.43. The quantitative estimate of drug-likeness (QED) is 0.225. The molecule has 5 rings (SSSR count). The van der Waals surface area contributed by atoms with Crippen molar-refractivity contribution >= 4 is 43.1 Å². The third-order valence-electron chi connectivity index (χ3n) is 5.03. The fraction of sp³-hybridized carbons (Fsp3) is 0. The Kier molecular flexibility index (Phi) is 3.25. The fourth-order valence-corrected chi connectivity index (χ4v) is 3.95. The summed E-state index contributed by atoms with van der Waals surface area (Å²) in [6.45, 7) is 7.13. The first-order chi connectivity index (χ1) is 13.6. The van der Waals surface area contributed by atoms with Gasteiger partial charge in [-0.1, -0.05) is 12.1 Å². The first-order valence-corrected chi connectivity index (χ1v) is 8.33.